The molecule has 0 spiro atoms. The van der Waals surface area contributed by atoms with Gasteiger partial charge in [-0.1, -0.05) is 137 Å². The van der Waals surface area contributed by atoms with Crippen LogP contribution in [0, 0.1) is 0 Å². The number of phosphoric ester groups is 1. The second-order valence-corrected chi connectivity index (χ2v) is 13.7. The van der Waals surface area contributed by atoms with E-state index in [0.29, 0.717) is 12.8 Å². The van der Waals surface area contributed by atoms with Crippen LogP contribution < -0.4 is 0 Å². The van der Waals surface area contributed by atoms with Crippen molar-refractivity contribution in [2.24, 2.45) is 0 Å². The molecule has 0 radical (unpaired) electrons. The van der Waals surface area contributed by atoms with Crippen molar-refractivity contribution in [2.75, 3.05) is 13.2 Å². The van der Waals surface area contributed by atoms with E-state index < -0.39 is 32.5 Å². The van der Waals surface area contributed by atoms with E-state index in [0.717, 1.165) is 103 Å². The van der Waals surface area contributed by atoms with Crippen molar-refractivity contribution < 1.29 is 37.9 Å². The zero-order chi connectivity index (χ0) is 38.2. The maximum absolute atomic E-state index is 12.4. The molecule has 52 heavy (non-hydrogen) atoms. The van der Waals surface area contributed by atoms with E-state index in [1.165, 1.54) is 0 Å². The minimum absolute atomic E-state index is 0.172. The number of phosphoric acid groups is 1. The largest absolute Gasteiger partial charge is 0.469 e. The first-order valence-corrected chi connectivity index (χ1v) is 21.1. The molecule has 9 heteroatoms. The maximum atomic E-state index is 12.4. The highest BCUT2D eigenvalue weighted by atomic mass is 31.2. The Hall–Kier alpha value is -3.03. The van der Waals surface area contributed by atoms with Gasteiger partial charge in [-0.2, -0.15) is 0 Å². The molecule has 0 aromatic rings. The topological polar surface area (TPSA) is 119 Å². The van der Waals surface area contributed by atoms with E-state index in [9.17, 15) is 14.2 Å². The van der Waals surface area contributed by atoms with Gasteiger partial charge in [0.15, 0.2) is 6.10 Å². The summed E-state index contributed by atoms with van der Waals surface area (Å²) in [6, 6.07) is 0. The smallest absolute Gasteiger partial charge is 0.462 e. The van der Waals surface area contributed by atoms with Gasteiger partial charge in [0.2, 0.25) is 0 Å². The Morgan fingerprint density at radius 1 is 0.500 bits per heavy atom. The van der Waals surface area contributed by atoms with Crippen molar-refractivity contribution in [1.82, 2.24) is 0 Å². The molecule has 0 heterocycles. The van der Waals surface area contributed by atoms with Gasteiger partial charge < -0.3 is 19.3 Å². The molecule has 0 bridgehead atoms. The lowest BCUT2D eigenvalue weighted by atomic mass is 10.1. The summed E-state index contributed by atoms with van der Waals surface area (Å²) < 4.78 is 26.3. The molecule has 2 N–H and O–H groups in total. The predicted molar refractivity (Wildman–Crippen MR) is 216 cm³/mol. The average Bonchev–Trinajstić information content (AvgIpc) is 3.11. The summed E-state index contributed by atoms with van der Waals surface area (Å²) in [6.07, 6.45) is 51.2. The lowest BCUT2D eigenvalue weighted by molar-refractivity contribution is -0.161. The summed E-state index contributed by atoms with van der Waals surface area (Å²) in [5.41, 5.74) is 0. The first-order valence-electron chi connectivity index (χ1n) is 19.5. The molecule has 0 fully saturated rings. The summed E-state index contributed by atoms with van der Waals surface area (Å²) in [5.74, 6) is -0.952. The van der Waals surface area contributed by atoms with Crippen LogP contribution in [0.3, 0.4) is 0 Å². The van der Waals surface area contributed by atoms with Crippen molar-refractivity contribution in [3.63, 3.8) is 0 Å². The Kier molecular flexibility index (Phi) is 35.5. The van der Waals surface area contributed by atoms with Crippen LogP contribution in [0.5, 0.6) is 0 Å². The summed E-state index contributed by atoms with van der Waals surface area (Å²) >= 11 is 0. The highest BCUT2D eigenvalue weighted by Crippen LogP contribution is 2.36. The molecule has 0 amide bonds. The van der Waals surface area contributed by atoms with Gasteiger partial charge in [0, 0.05) is 12.8 Å². The summed E-state index contributed by atoms with van der Waals surface area (Å²) in [6.45, 7) is 3.39. The minimum atomic E-state index is -4.77. The maximum Gasteiger partial charge on any atom is 0.469 e. The van der Waals surface area contributed by atoms with Gasteiger partial charge in [-0.3, -0.25) is 14.1 Å². The Bertz CT molecular complexity index is 1160. The molecule has 0 aliphatic carbocycles. The van der Waals surface area contributed by atoms with Crippen LogP contribution in [0.15, 0.2) is 97.2 Å². The Morgan fingerprint density at radius 2 is 0.865 bits per heavy atom. The molecule has 0 aromatic heterocycles. The molecule has 0 saturated heterocycles. The number of hydrogen-bond donors (Lipinski definition) is 2. The standard InChI is InChI=1S/C43H69O8P/c1-3-5-7-9-11-13-15-17-19-21-23-25-27-29-31-33-35-37-42(44)49-39-41(40-50-52(46,47)48)51-43(45)38-36-34-32-30-28-26-24-22-20-18-16-14-12-10-8-6-4-2/h5-8,11-14,17-20,23-26,41H,3-4,9-10,15-16,21-22,27-40H2,1-2H3,(H2,46,47,48)/b7-5-,8-6-,13-11-,14-12-,19-17-,20-18-,25-23-,26-24-/t41-/m1/s1. The van der Waals surface area contributed by atoms with Gasteiger partial charge in [-0.25, -0.2) is 4.57 Å². The number of hydrogen-bond acceptors (Lipinski definition) is 6. The van der Waals surface area contributed by atoms with E-state index >= 15 is 0 Å². The number of allylic oxidation sites excluding steroid dienone is 16. The summed E-state index contributed by atoms with van der Waals surface area (Å²) in [7, 11) is -4.77. The van der Waals surface area contributed by atoms with Gasteiger partial charge >= 0.3 is 19.8 Å². The van der Waals surface area contributed by atoms with Crippen LogP contribution in [0.1, 0.15) is 142 Å². The number of ether oxygens (including phenoxy) is 2. The SMILES string of the molecule is CC/C=C\C/C=C\C/C=C\C/C=C\CCCCCCC(=O)OC[C@H](COP(=O)(O)O)OC(=O)CCCCCC/C=C\C/C=C\C/C=C\C/C=C\CC. The van der Waals surface area contributed by atoms with E-state index in [2.05, 4.69) is 116 Å². The van der Waals surface area contributed by atoms with Gasteiger partial charge in [0.05, 0.1) is 6.61 Å². The van der Waals surface area contributed by atoms with Crippen LogP contribution >= 0.6 is 7.82 Å². The fourth-order valence-electron chi connectivity index (χ4n) is 4.76. The first kappa shape index (κ1) is 49.0. The van der Waals surface area contributed by atoms with Gasteiger partial charge in [-0.05, 0) is 89.9 Å². The van der Waals surface area contributed by atoms with Gasteiger partial charge in [0.1, 0.15) is 6.61 Å². The highest BCUT2D eigenvalue weighted by Gasteiger charge is 2.22. The Labute approximate surface area is 315 Å². The van der Waals surface area contributed by atoms with Gasteiger partial charge in [-0.15, -0.1) is 0 Å². The van der Waals surface area contributed by atoms with E-state index in [1.807, 2.05) is 0 Å². The number of carbonyl (C=O) groups excluding carboxylic acids is 2. The second kappa shape index (κ2) is 37.7. The third kappa shape index (κ3) is 39.8. The van der Waals surface area contributed by atoms with Crippen LogP contribution in [0.4, 0.5) is 0 Å². The first-order chi connectivity index (χ1) is 25.3. The van der Waals surface area contributed by atoms with Crippen molar-refractivity contribution in [2.45, 2.75) is 148 Å². The lowest BCUT2D eigenvalue weighted by Crippen LogP contribution is -2.29. The van der Waals surface area contributed by atoms with Crippen LogP contribution in [-0.4, -0.2) is 41.0 Å². The molecule has 294 valence electrons. The second-order valence-electron chi connectivity index (χ2n) is 12.5. The fraction of sp³-hybridized carbons (Fsp3) is 0.581. The minimum Gasteiger partial charge on any atom is -0.462 e. The highest BCUT2D eigenvalue weighted by molar-refractivity contribution is 7.46. The molecule has 0 unspecified atom stereocenters. The van der Waals surface area contributed by atoms with Crippen LogP contribution in [-0.2, 0) is 28.2 Å². The number of esters is 2. The predicted octanol–water partition coefficient (Wildman–Crippen LogP) is 11.8. The average molecular weight is 745 g/mol. The van der Waals surface area contributed by atoms with E-state index in [1.54, 1.807) is 0 Å². The Balaban J connectivity index is 4.08. The van der Waals surface area contributed by atoms with Crippen molar-refractivity contribution >= 4 is 19.8 Å². The molecular weight excluding hydrogens is 675 g/mol. The number of carbonyl (C=O) groups is 2. The molecule has 8 nitrogen and oxygen atoms in total. The van der Waals surface area contributed by atoms with E-state index in [4.69, 9.17) is 19.3 Å². The zero-order valence-electron chi connectivity index (χ0n) is 32.2. The van der Waals surface area contributed by atoms with Gasteiger partial charge in [0.25, 0.3) is 0 Å². The number of rotatable bonds is 34. The molecule has 0 rings (SSSR count). The normalized spacial score (nSPS) is 13.5. The lowest BCUT2D eigenvalue weighted by Gasteiger charge is -2.18. The monoisotopic (exact) mass is 744 g/mol. The number of unbranched alkanes of at least 4 members (excludes halogenated alkanes) is 8. The van der Waals surface area contributed by atoms with Crippen molar-refractivity contribution in [3.05, 3.63) is 97.2 Å². The molecule has 1 atom stereocenters. The molecular formula is C43H69O8P. The third-order valence-corrected chi connectivity index (χ3v) is 8.08. The fourth-order valence-corrected chi connectivity index (χ4v) is 5.13. The van der Waals surface area contributed by atoms with Crippen LogP contribution in [0.25, 0.3) is 0 Å². The third-order valence-electron chi connectivity index (χ3n) is 7.60. The van der Waals surface area contributed by atoms with E-state index in [-0.39, 0.29) is 19.4 Å². The van der Waals surface area contributed by atoms with Crippen LogP contribution in [0.2, 0.25) is 0 Å². The Morgan fingerprint density at radius 3 is 1.27 bits per heavy atom. The summed E-state index contributed by atoms with van der Waals surface area (Å²) in [4.78, 5) is 42.8. The molecule has 0 aliphatic rings. The van der Waals surface area contributed by atoms with Crippen molar-refractivity contribution in [1.29, 1.82) is 0 Å². The zero-order valence-corrected chi connectivity index (χ0v) is 33.1. The van der Waals surface area contributed by atoms with Crippen molar-refractivity contribution in [3.8, 4) is 0 Å². The molecule has 0 saturated carbocycles. The molecule has 0 aliphatic heterocycles. The quantitative estimate of drug-likeness (QED) is 0.0289. The molecule has 0 aromatic carbocycles. The summed E-state index contributed by atoms with van der Waals surface area (Å²) in [5, 5.41) is 0.